The number of nitrogens with zero attached hydrogens (tertiary/aromatic N) is 1. The number of phosphoric ester groups is 1. The summed E-state index contributed by atoms with van der Waals surface area (Å²) in [6.45, 7) is 4.47. The Hall–Kier alpha value is -1.77. The molecule has 1 N–H and O–H groups in total. The summed E-state index contributed by atoms with van der Waals surface area (Å²) in [6.07, 6.45) is 75.3. The van der Waals surface area contributed by atoms with Gasteiger partial charge in [0.05, 0.1) is 27.7 Å². The van der Waals surface area contributed by atoms with Crippen LogP contribution >= 0.6 is 7.82 Å². The summed E-state index contributed by atoms with van der Waals surface area (Å²) < 4.78 is 34.7. The van der Waals surface area contributed by atoms with Gasteiger partial charge in [-0.05, 0) is 51.4 Å². The van der Waals surface area contributed by atoms with E-state index in [1.54, 1.807) is 0 Å². The third kappa shape index (κ3) is 63.4. The van der Waals surface area contributed by atoms with Crippen molar-refractivity contribution >= 4 is 19.8 Å². The SMILES string of the molecule is CCCCCCC/C=C\C/C=C\C/C=C\CCCCCCCCCCC(=O)OC(COC(=O)CCCCCCCCCCCCCCCCCCCCCCCCCCCCCCCCC)COP(=O)(O)OCC[N+](C)(C)C. The Kier molecular flexibility index (Phi) is 58.5. The lowest BCUT2D eigenvalue weighted by Gasteiger charge is -2.24. The summed E-state index contributed by atoms with van der Waals surface area (Å²) >= 11 is 0. The minimum atomic E-state index is -4.39. The van der Waals surface area contributed by atoms with Crippen molar-refractivity contribution in [2.24, 2.45) is 0 Å². The second-order valence-electron chi connectivity index (χ2n) is 24.2. The van der Waals surface area contributed by atoms with E-state index in [1.165, 1.54) is 244 Å². The standard InChI is InChI=1S/C68H130NO8P/c1-6-8-10-12-14-16-18-20-22-24-26-28-30-31-32-33-34-35-36-37-39-40-42-44-46-48-50-52-54-56-58-60-67(70)74-64-66(65-76-78(72,73)75-63-62-69(3,4)5)77-68(71)61-59-57-55-53-51-49-47-45-43-41-38-29-27-25-23-21-19-17-15-13-11-9-7-2/h19,21,25,27,38,41,66H,6-18,20,22-24,26,28-37,39-40,42-65H2,1-5H3/p+1/b21-19-,27-25-,41-38-. The average Bonchev–Trinajstić information content (AvgIpc) is 3.40. The minimum absolute atomic E-state index is 0.0315. The number of ether oxygens (including phenoxy) is 2. The summed E-state index contributed by atoms with van der Waals surface area (Å²) in [4.78, 5) is 35.8. The van der Waals surface area contributed by atoms with E-state index in [1.807, 2.05) is 21.1 Å². The Morgan fingerprint density at radius 1 is 0.397 bits per heavy atom. The maximum Gasteiger partial charge on any atom is 0.472 e. The quantitative estimate of drug-likeness (QED) is 0.0211. The fourth-order valence-corrected chi connectivity index (χ4v) is 10.7. The summed E-state index contributed by atoms with van der Waals surface area (Å²) in [5.74, 6) is -0.789. The second-order valence-corrected chi connectivity index (χ2v) is 25.7. The molecule has 0 spiro atoms. The maximum absolute atomic E-state index is 12.8. The first-order valence-electron chi connectivity index (χ1n) is 33.7. The van der Waals surface area contributed by atoms with Gasteiger partial charge in [0.2, 0.25) is 0 Å². The van der Waals surface area contributed by atoms with Crippen LogP contribution in [0.3, 0.4) is 0 Å². The number of unbranched alkanes of at least 4 members (excludes halogenated alkanes) is 43. The van der Waals surface area contributed by atoms with E-state index in [0.29, 0.717) is 23.9 Å². The van der Waals surface area contributed by atoms with Crippen LogP contribution in [-0.4, -0.2) is 74.9 Å². The maximum atomic E-state index is 12.8. The molecule has 78 heavy (non-hydrogen) atoms. The molecular weight excluding hydrogens is 990 g/mol. The molecule has 0 aromatic carbocycles. The van der Waals surface area contributed by atoms with Crippen molar-refractivity contribution in [3.05, 3.63) is 36.5 Å². The number of hydrogen-bond acceptors (Lipinski definition) is 7. The van der Waals surface area contributed by atoms with Gasteiger partial charge in [-0.1, -0.05) is 307 Å². The number of allylic oxidation sites excluding steroid dienone is 6. The molecule has 0 saturated carbocycles. The zero-order valence-corrected chi connectivity index (χ0v) is 53.3. The van der Waals surface area contributed by atoms with Crippen molar-refractivity contribution in [2.75, 3.05) is 47.5 Å². The van der Waals surface area contributed by atoms with Crippen LogP contribution in [0.15, 0.2) is 36.5 Å². The molecule has 0 heterocycles. The van der Waals surface area contributed by atoms with E-state index in [-0.39, 0.29) is 25.6 Å². The highest BCUT2D eigenvalue weighted by Gasteiger charge is 2.27. The van der Waals surface area contributed by atoms with E-state index < -0.39 is 26.5 Å². The fourth-order valence-electron chi connectivity index (χ4n) is 9.97. The zero-order valence-electron chi connectivity index (χ0n) is 52.4. The third-order valence-corrected chi connectivity index (χ3v) is 16.2. The number of rotatable bonds is 63. The predicted molar refractivity (Wildman–Crippen MR) is 335 cm³/mol. The summed E-state index contributed by atoms with van der Waals surface area (Å²) in [5.41, 5.74) is 0. The van der Waals surface area contributed by atoms with Gasteiger partial charge in [-0.25, -0.2) is 4.57 Å². The van der Waals surface area contributed by atoms with Crippen molar-refractivity contribution in [1.82, 2.24) is 0 Å². The zero-order chi connectivity index (χ0) is 57.0. The lowest BCUT2D eigenvalue weighted by atomic mass is 10.0. The van der Waals surface area contributed by atoms with Crippen LogP contribution in [0, 0.1) is 0 Å². The predicted octanol–water partition coefficient (Wildman–Crippen LogP) is 21.5. The van der Waals surface area contributed by atoms with Gasteiger partial charge in [0.1, 0.15) is 19.8 Å². The molecule has 0 amide bonds. The lowest BCUT2D eigenvalue weighted by molar-refractivity contribution is -0.870. The minimum Gasteiger partial charge on any atom is -0.462 e. The third-order valence-electron chi connectivity index (χ3n) is 15.2. The molecule has 0 bridgehead atoms. The highest BCUT2D eigenvalue weighted by atomic mass is 31.2. The van der Waals surface area contributed by atoms with Gasteiger partial charge in [0.25, 0.3) is 0 Å². The molecule has 2 atom stereocenters. The van der Waals surface area contributed by atoms with Crippen LogP contribution in [0.5, 0.6) is 0 Å². The molecule has 0 aromatic heterocycles. The molecule has 460 valence electrons. The second kappa shape index (κ2) is 59.8. The van der Waals surface area contributed by atoms with Crippen LogP contribution in [0.1, 0.15) is 335 Å². The van der Waals surface area contributed by atoms with E-state index in [9.17, 15) is 19.0 Å². The number of carbonyl (C=O) groups excluding carboxylic acids is 2. The first kappa shape index (κ1) is 76.2. The molecule has 0 aliphatic rings. The lowest BCUT2D eigenvalue weighted by Crippen LogP contribution is -2.37. The van der Waals surface area contributed by atoms with Crippen molar-refractivity contribution in [3.63, 3.8) is 0 Å². The highest BCUT2D eigenvalue weighted by molar-refractivity contribution is 7.47. The van der Waals surface area contributed by atoms with Gasteiger partial charge in [0.15, 0.2) is 6.10 Å². The van der Waals surface area contributed by atoms with Gasteiger partial charge in [-0.15, -0.1) is 0 Å². The van der Waals surface area contributed by atoms with E-state index in [4.69, 9.17) is 18.5 Å². The van der Waals surface area contributed by atoms with Gasteiger partial charge in [-0.3, -0.25) is 18.6 Å². The molecule has 10 heteroatoms. The molecule has 0 aromatic rings. The summed E-state index contributed by atoms with van der Waals surface area (Å²) in [7, 11) is 1.49. The number of likely N-dealkylation sites (N-methyl/N-ethyl adjacent to an activating group) is 1. The Morgan fingerprint density at radius 3 is 1.03 bits per heavy atom. The molecule has 0 aliphatic heterocycles. The monoisotopic (exact) mass is 1120 g/mol. The summed E-state index contributed by atoms with van der Waals surface area (Å²) in [6, 6.07) is 0. The Labute approximate surface area is 484 Å². The van der Waals surface area contributed by atoms with Crippen molar-refractivity contribution in [2.45, 2.75) is 341 Å². The molecule has 2 unspecified atom stereocenters. The molecule has 9 nitrogen and oxygen atoms in total. The molecule has 0 fully saturated rings. The molecule has 0 saturated heterocycles. The van der Waals surface area contributed by atoms with Gasteiger partial charge in [0, 0.05) is 12.8 Å². The Balaban J connectivity index is 4.02. The first-order chi connectivity index (χ1) is 38.0. The van der Waals surface area contributed by atoms with E-state index >= 15 is 0 Å². The molecule has 0 rings (SSSR count). The molecular formula is C68H131NO8P+. The fraction of sp³-hybridized carbons (Fsp3) is 0.882. The average molecular weight is 1120 g/mol. The smallest absolute Gasteiger partial charge is 0.462 e. The van der Waals surface area contributed by atoms with E-state index in [0.717, 1.165) is 57.8 Å². The Bertz CT molecular complexity index is 1410. The van der Waals surface area contributed by atoms with Crippen LogP contribution < -0.4 is 0 Å². The van der Waals surface area contributed by atoms with Crippen molar-refractivity contribution < 1.29 is 42.1 Å². The number of hydrogen-bond donors (Lipinski definition) is 1. The molecule has 0 aliphatic carbocycles. The van der Waals surface area contributed by atoms with Gasteiger partial charge in [-0.2, -0.15) is 0 Å². The number of carbonyl (C=O) groups is 2. The largest absolute Gasteiger partial charge is 0.472 e. The van der Waals surface area contributed by atoms with Crippen LogP contribution in [0.2, 0.25) is 0 Å². The topological polar surface area (TPSA) is 108 Å². The molecule has 0 radical (unpaired) electrons. The highest BCUT2D eigenvalue weighted by Crippen LogP contribution is 2.43. The van der Waals surface area contributed by atoms with Crippen LogP contribution in [0.25, 0.3) is 0 Å². The Morgan fingerprint density at radius 2 is 0.692 bits per heavy atom. The number of phosphoric acid groups is 1. The first-order valence-corrected chi connectivity index (χ1v) is 35.2. The van der Waals surface area contributed by atoms with Crippen LogP contribution in [0.4, 0.5) is 0 Å². The van der Waals surface area contributed by atoms with Gasteiger partial charge >= 0.3 is 19.8 Å². The van der Waals surface area contributed by atoms with Crippen molar-refractivity contribution in [3.8, 4) is 0 Å². The van der Waals surface area contributed by atoms with Crippen LogP contribution in [-0.2, 0) is 32.7 Å². The number of quaternary nitrogens is 1. The summed E-state index contributed by atoms with van der Waals surface area (Å²) in [5, 5.41) is 0. The normalized spacial score (nSPS) is 13.4. The van der Waals surface area contributed by atoms with Crippen molar-refractivity contribution in [1.29, 1.82) is 0 Å². The number of esters is 2. The van der Waals surface area contributed by atoms with Gasteiger partial charge < -0.3 is 18.9 Å². The van der Waals surface area contributed by atoms with E-state index in [2.05, 4.69) is 50.3 Å².